The molecule has 6 heteroatoms. The first-order valence-corrected chi connectivity index (χ1v) is 4.46. The predicted octanol–water partition coefficient (Wildman–Crippen LogP) is 1.65. The third kappa shape index (κ3) is 1.88. The summed E-state index contributed by atoms with van der Waals surface area (Å²) in [6.07, 6.45) is 0.795. The van der Waals surface area contributed by atoms with Crippen molar-refractivity contribution >= 4 is 16.9 Å². The molecule has 0 unspecified atom stereocenters. The Bertz CT molecular complexity index is 466. The lowest BCUT2D eigenvalue weighted by Gasteiger charge is -2.04. The largest absolute Gasteiger partial charge is 0.362 e. The van der Waals surface area contributed by atoms with Crippen molar-refractivity contribution in [2.75, 3.05) is 11.9 Å². The quantitative estimate of drug-likeness (QED) is 0.841. The molecule has 2 rings (SSSR count). The summed E-state index contributed by atoms with van der Waals surface area (Å²) in [6, 6.07) is 1.79. The van der Waals surface area contributed by atoms with Crippen molar-refractivity contribution in [1.82, 2.24) is 14.5 Å². The third-order valence-electron chi connectivity index (χ3n) is 2.07. The zero-order valence-electron chi connectivity index (χ0n) is 8.11. The minimum Gasteiger partial charge on any atom is -0.362 e. The van der Waals surface area contributed by atoms with Crippen LogP contribution < -0.4 is 5.32 Å². The zero-order valence-corrected chi connectivity index (χ0v) is 8.11. The summed E-state index contributed by atoms with van der Waals surface area (Å²) in [7, 11) is 1.84. The second-order valence-corrected chi connectivity index (χ2v) is 3.15. The maximum Gasteiger partial charge on any atom is 0.255 e. The van der Waals surface area contributed by atoms with Gasteiger partial charge in [0.1, 0.15) is 5.52 Å². The molecule has 2 heterocycles. The fraction of sp³-hybridized carbons (Fsp3) is 0.333. The van der Waals surface area contributed by atoms with Crippen molar-refractivity contribution in [2.24, 2.45) is 7.05 Å². The molecule has 0 atom stereocenters. The number of nitrogens with one attached hydrogen (secondary N) is 1. The topological polar surface area (TPSA) is 42.7 Å². The normalized spacial score (nSPS) is 11.2. The van der Waals surface area contributed by atoms with Gasteiger partial charge in [0.25, 0.3) is 6.43 Å². The number of hydrogen-bond donors (Lipinski definition) is 1. The zero-order chi connectivity index (χ0) is 10.8. The Morgan fingerprint density at radius 1 is 1.47 bits per heavy atom. The van der Waals surface area contributed by atoms with Crippen molar-refractivity contribution in [3.05, 3.63) is 18.6 Å². The number of hydrogen-bond acceptors (Lipinski definition) is 3. The summed E-state index contributed by atoms with van der Waals surface area (Å²) in [4.78, 5) is 8.06. The van der Waals surface area contributed by atoms with Crippen molar-refractivity contribution in [2.45, 2.75) is 6.43 Å². The molecule has 80 valence electrons. The first-order chi connectivity index (χ1) is 7.18. The van der Waals surface area contributed by atoms with E-state index in [9.17, 15) is 8.78 Å². The van der Waals surface area contributed by atoms with Crippen LogP contribution in [0.2, 0.25) is 0 Å². The van der Waals surface area contributed by atoms with Gasteiger partial charge in [0.05, 0.1) is 18.4 Å². The highest BCUT2D eigenvalue weighted by Gasteiger charge is 2.08. The first-order valence-electron chi connectivity index (χ1n) is 4.46. The van der Waals surface area contributed by atoms with E-state index in [-0.39, 0.29) is 0 Å². The van der Waals surface area contributed by atoms with Gasteiger partial charge in [-0.15, -0.1) is 0 Å². The van der Waals surface area contributed by atoms with Gasteiger partial charge in [-0.1, -0.05) is 0 Å². The van der Waals surface area contributed by atoms with Crippen molar-refractivity contribution in [3.8, 4) is 0 Å². The number of nitrogens with zero attached hydrogens (tertiary/aromatic N) is 3. The van der Waals surface area contributed by atoms with Crippen molar-refractivity contribution < 1.29 is 8.78 Å². The molecule has 1 N–H and O–H groups in total. The van der Waals surface area contributed by atoms with Crippen LogP contribution in [0, 0.1) is 0 Å². The van der Waals surface area contributed by atoms with E-state index in [1.54, 1.807) is 18.6 Å². The standard InChI is InChI=1S/C9H10F2N4/c1-15-5-14-8-6(15)2-3-12-9(8)13-4-7(10)11/h2-3,5,7H,4H2,1H3,(H,12,13). The summed E-state index contributed by atoms with van der Waals surface area (Å²) in [5.74, 6) is 0.397. The highest BCUT2D eigenvalue weighted by atomic mass is 19.3. The molecule has 0 aliphatic carbocycles. The number of alkyl halides is 2. The van der Waals surface area contributed by atoms with Crippen molar-refractivity contribution in [1.29, 1.82) is 0 Å². The fourth-order valence-electron chi connectivity index (χ4n) is 1.37. The number of anilines is 1. The lowest BCUT2D eigenvalue weighted by Crippen LogP contribution is -2.11. The lowest BCUT2D eigenvalue weighted by atomic mass is 10.4. The summed E-state index contributed by atoms with van der Waals surface area (Å²) in [6.45, 7) is -0.414. The Hall–Kier alpha value is -1.72. The van der Waals surface area contributed by atoms with Gasteiger partial charge in [-0.3, -0.25) is 0 Å². The molecule has 4 nitrogen and oxygen atoms in total. The molecule has 0 bridgehead atoms. The minimum atomic E-state index is -2.40. The van der Waals surface area contributed by atoms with Gasteiger partial charge in [0, 0.05) is 13.2 Å². The number of imidazole rings is 1. The van der Waals surface area contributed by atoms with Crippen LogP contribution in [0.3, 0.4) is 0 Å². The van der Waals surface area contributed by atoms with E-state index >= 15 is 0 Å². The second-order valence-electron chi connectivity index (χ2n) is 3.15. The van der Waals surface area contributed by atoms with E-state index in [0.717, 1.165) is 5.52 Å². The molecule has 2 aromatic rings. The van der Waals surface area contributed by atoms with Crippen LogP contribution in [0.4, 0.5) is 14.6 Å². The van der Waals surface area contributed by atoms with E-state index in [1.807, 2.05) is 11.6 Å². The van der Waals surface area contributed by atoms with Crippen LogP contribution in [0.5, 0.6) is 0 Å². The van der Waals surface area contributed by atoms with Crippen LogP contribution in [0.15, 0.2) is 18.6 Å². The number of rotatable bonds is 3. The number of halogens is 2. The minimum absolute atomic E-state index is 0.397. The molecular formula is C9H10F2N4. The molecule has 0 fully saturated rings. The number of pyridine rings is 1. The molecule has 0 aliphatic heterocycles. The van der Waals surface area contributed by atoms with Gasteiger partial charge in [-0.2, -0.15) is 0 Å². The predicted molar refractivity (Wildman–Crippen MR) is 53.0 cm³/mol. The van der Waals surface area contributed by atoms with Gasteiger partial charge in [-0.05, 0) is 6.07 Å². The van der Waals surface area contributed by atoms with Crippen LogP contribution in [-0.2, 0) is 7.05 Å². The number of aromatic nitrogens is 3. The Kier molecular flexibility index (Phi) is 2.49. The number of fused-ring (bicyclic) bond motifs is 1. The Morgan fingerprint density at radius 3 is 3.00 bits per heavy atom. The maximum atomic E-state index is 12.0. The Morgan fingerprint density at radius 2 is 2.27 bits per heavy atom. The average molecular weight is 212 g/mol. The highest BCUT2D eigenvalue weighted by molar-refractivity contribution is 5.85. The molecule has 15 heavy (non-hydrogen) atoms. The molecule has 0 spiro atoms. The van der Waals surface area contributed by atoms with Gasteiger partial charge >= 0.3 is 0 Å². The molecule has 0 radical (unpaired) electrons. The average Bonchev–Trinajstić information content (AvgIpc) is 2.58. The van der Waals surface area contributed by atoms with Crippen LogP contribution >= 0.6 is 0 Å². The molecule has 2 aromatic heterocycles. The molecule has 0 saturated heterocycles. The number of aryl methyl sites for hydroxylation is 1. The van der Waals surface area contributed by atoms with E-state index in [2.05, 4.69) is 15.3 Å². The molecule has 0 aliphatic rings. The van der Waals surface area contributed by atoms with Crippen LogP contribution in [0.1, 0.15) is 0 Å². The molecular weight excluding hydrogens is 202 g/mol. The molecule has 0 saturated carbocycles. The van der Waals surface area contributed by atoms with E-state index in [1.165, 1.54) is 0 Å². The maximum absolute atomic E-state index is 12.0. The van der Waals surface area contributed by atoms with Crippen LogP contribution in [-0.4, -0.2) is 27.5 Å². The smallest absolute Gasteiger partial charge is 0.255 e. The molecule has 0 amide bonds. The summed E-state index contributed by atoms with van der Waals surface area (Å²) in [5, 5.41) is 2.56. The fourth-order valence-corrected chi connectivity index (χ4v) is 1.37. The van der Waals surface area contributed by atoms with Gasteiger partial charge in [0.15, 0.2) is 5.82 Å². The lowest BCUT2D eigenvalue weighted by molar-refractivity contribution is 0.163. The summed E-state index contributed by atoms with van der Waals surface area (Å²) < 4.78 is 25.8. The second kappa shape index (κ2) is 3.80. The summed E-state index contributed by atoms with van der Waals surface area (Å²) >= 11 is 0. The molecule has 0 aromatic carbocycles. The Balaban J connectivity index is 2.34. The highest BCUT2D eigenvalue weighted by Crippen LogP contribution is 2.18. The van der Waals surface area contributed by atoms with E-state index in [0.29, 0.717) is 11.3 Å². The van der Waals surface area contributed by atoms with Crippen molar-refractivity contribution in [3.63, 3.8) is 0 Å². The van der Waals surface area contributed by atoms with E-state index in [4.69, 9.17) is 0 Å². The first kappa shape index (κ1) is 9.82. The van der Waals surface area contributed by atoms with Crippen LogP contribution in [0.25, 0.3) is 11.0 Å². The van der Waals surface area contributed by atoms with E-state index < -0.39 is 13.0 Å². The third-order valence-corrected chi connectivity index (χ3v) is 2.07. The monoisotopic (exact) mass is 212 g/mol. The van der Waals surface area contributed by atoms with Gasteiger partial charge in [-0.25, -0.2) is 18.7 Å². The summed E-state index contributed by atoms with van der Waals surface area (Å²) in [5.41, 5.74) is 1.47. The van der Waals surface area contributed by atoms with Gasteiger partial charge in [0.2, 0.25) is 0 Å². The van der Waals surface area contributed by atoms with Gasteiger partial charge < -0.3 is 9.88 Å². The Labute approximate surface area is 84.9 Å². The SMILES string of the molecule is Cn1cnc2c(NCC(F)F)nccc21.